The van der Waals surface area contributed by atoms with Crippen molar-refractivity contribution in [3.63, 3.8) is 0 Å². The van der Waals surface area contributed by atoms with Gasteiger partial charge in [0, 0.05) is 0 Å². The lowest BCUT2D eigenvalue weighted by atomic mass is 10.5. The Morgan fingerprint density at radius 1 is 1.71 bits per heavy atom. The van der Waals surface area contributed by atoms with Gasteiger partial charge in [0.15, 0.2) is 5.78 Å². The van der Waals surface area contributed by atoms with Gasteiger partial charge in [0.1, 0.15) is 0 Å². The van der Waals surface area contributed by atoms with Gasteiger partial charge in [0.05, 0.1) is 9.81 Å². The Morgan fingerprint density at radius 3 is 2.14 bits per heavy atom. The lowest BCUT2D eigenvalue weighted by Crippen LogP contribution is -1.94. The summed E-state index contributed by atoms with van der Waals surface area (Å²) in [5.41, 5.74) is 0. The number of hydrogen-bond acceptors (Lipinski definition) is 1. The lowest BCUT2D eigenvalue weighted by molar-refractivity contribution is -0.112. The highest BCUT2D eigenvalue weighted by molar-refractivity contribution is 9.12. The van der Waals surface area contributed by atoms with Gasteiger partial charge in [0.2, 0.25) is 0 Å². The molecule has 0 radical (unpaired) electrons. The molecule has 0 spiro atoms. The Morgan fingerprint density at radius 2 is 2.14 bits per heavy atom. The normalized spacial score (nSPS) is 8.29. The van der Waals surface area contributed by atoms with Crippen LogP contribution in [0.3, 0.4) is 0 Å². The maximum atomic E-state index is 10.3. The lowest BCUT2D eigenvalue weighted by Gasteiger charge is -1.84. The molecule has 0 N–H and O–H groups in total. The maximum absolute atomic E-state index is 10.3. The average Bonchev–Trinajstić information content (AvgIpc) is 1.65. The highest BCUT2D eigenvalue weighted by atomic mass is 79.9. The predicted octanol–water partition coefficient (Wildman–Crippen LogP) is 1.86. The van der Waals surface area contributed by atoms with E-state index in [0.717, 1.165) is 0 Å². The first kappa shape index (κ1) is 7.37. The molecule has 0 aromatic rings. The first-order valence-electron chi connectivity index (χ1n) is 1.62. The third-order valence-corrected chi connectivity index (χ3v) is 1.38. The summed E-state index contributed by atoms with van der Waals surface area (Å²) in [6, 6.07) is 0. The molecule has 3 heteroatoms. The van der Waals surface area contributed by atoms with Crippen molar-refractivity contribution in [2.45, 2.75) is 0 Å². The van der Waals surface area contributed by atoms with Crippen LogP contribution in [-0.2, 0) is 4.79 Å². The van der Waals surface area contributed by atoms with Crippen LogP contribution in [0, 0.1) is 0 Å². The topological polar surface area (TPSA) is 17.1 Å². The highest BCUT2D eigenvalue weighted by Gasteiger charge is 1.97. The van der Waals surface area contributed by atoms with Crippen LogP contribution in [0.15, 0.2) is 11.1 Å². The highest BCUT2D eigenvalue weighted by Crippen LogP contribution is 2.02. The number of carbonyl (C=O) groups excluding carboxylic acids is 1. The largest absolute Gasteiger partial charge is 0.293 e. The van der Waals surface area contributed by atoms with Crippen LogP contribution in [0.25, 0.3) is 0 Å². The predicted molar refractivity (Wildman–Crippen MR) is 36.9 cm³/mol. The summed E-state index contributed by atoms with van der Waals surface area (Å²) < 4.78 is 0.421. The quantitative estimate of drug-likeness (QED) is 0.520. The summed E-state index contributed by atoms with van der Waals surface area (Å²) >= 11 is 5.90. The Labute approximate surface area is 59.0 Å². The van der Waals surface area contributed by atoms with Gasteiger partial charge >= 0.3 is 0 Å². The number of allylic oxidation sites excluding steroid dienone is 1. The molecule has 0 rings (SSSR count). The number of rotatable bonds is 2. The van der Waals surface area contributed by atoms with E-state index < -0.39 is 0 Å². The number of carbonyl (C=O) groups is 1. The Hall–Kier alpha value is 0.370. The molecule has 0 aliphatic carbocycles. The van der Waals surface area contributed by atoms with Gasteiger partial charge in [-0.2, -0.15) is 0 Å². The number of alkyl halides is 1. The number of Topliss-reactive ketones (excluding diaryl/α,β-unsaturated/α-hetero) is 1. The van der Waals surface area contributed by atoms with Gasteiger partial charge in [0.25, 0.3) is 0 Å². The van der Waals surface area contributed by atoms with Crippen molar-refractivity contribution in [2.24, 2.45) is 0 Å². The minimum absolute atomic E-state index is 0.0139. The van der Waals surface area contributed by atoms with E-state index in [1.807, 2.05) is 0 Å². The summed E-state index contributed by atoms with van der Waals surface area (Å²) in [4.78, 5) is 10.3. The molecule has 0 saturated heterocycles. The smallest absolute Gasteiger partial charge is 0.179 e. The van der Waals surface area contributed by atoms with Crippen LogP contribution in [0.5, 0.6) is 0 Å². The second kappa shape index (κ2) is 3.38. The average molecular weight is 228 g/mol. The fraction of sp³-hybridized carbons (Fsp3) is 0.250. The van der Waals surface area contributed by atoms with E-state index in [0.29, 0.717) is 9.81 Å². The minimum atomic E-state index is -0.0139. The van der Waals surface area contributed by atoms with Crippen LogP contribution in [0.1, 0.15) is 0 Å². The number of halogens is 2. The van der Waals surface area contributed by atoms with E-state index in [1.54, 1.807) is 0 Å². The van der Waals surface area contributed by atoms with E-state index in [2.05, 4.69) is 38.4 Å². The minimum Gasteiger partial charge on any atom is -0.293 e. The van der Waals surface area contributed by atoms with Crippen LogP contribution < -0.4 is 0 Å². The molecule has 0 unspecified atom stereocenters. The van der Waals surface area contributed by atoms with Crippen LogP contribution in [-0.4, -0.2) is 11.1 Å². The van der Waals surface area contributed by atoms with Crippen molar-refractivity contribution in [3.8, 4) is 0 Å². The summed E-state index contributed by atoms with van der Waals surface area (Å²) in [5.74, 6) is -0.0139. The Kier molecular flexibility index (Phi) is 3.56. The maximum Gasteiger partial charge on any atom is 0.179 e. The SMILES string of the molecule is C=C(Br)C(=O)CBr. The zero-order valence-electron chi connectivity index (χ0n) is 3.58. The Bertz CT molecular complexity index is 97.9. The van der Waals surface area contributed by atoms with Crippen LogP contribution >= 0.6 is 31.9 Å². The van der Waals surface area contributed by atoms with Gasteiger partial charge in [-0.05, 0) is 15.9 Å². The molecule has 1 nitrogen and oxygen atoms in total. The summed E-state index contributed by atoms with van der Waals surface area (Å²) in [7, 11) is 0. The molecule has 0 heterocycles. The molecule has 0 bridgehead atoms. The van der Waals surface area contributed by atoms with Gasteiger partial charge < -0.3 is 0 Å². The molecule has 0 amide bonds. The number of hydrogen-bond donors (Lipinski definition) is 0. The fourth-order valence-corrected chi connectivity index (χ4v) is 0.927. The molecule has 0 aromatic heterocycles. The monoisotopic (exact) mass is 226 g/mol. The fourth-order valence-electron chi connectivity index (χ4n) is 0.0725. The van der Waals surface area contributed by atoms with E-state index in [1.165, 1.54) is 0 Å². The number of ketones is 1. The molecule has 0 aromatic carbocycles. The zero-order valence-corrected chi connectivity index (χ0v) is 6.75. The summed E-state index contributed by atoms with van der Waals surface area (Å²) in [6.07, 6.45) is 0. The summed E-state index contributed by atoms with van der Waals surface area (Å²) in [5, 5.41) is 0.344. The van der Waals surface area contributed by atoms with Crippen molar-refractivity contribution in [1.29, 1.82) is 0 Å². The van der Waals surface area contributed by atoms with Gasteiger partial charge in [-0.1, -0.05) is 22.5 Å². The molecular weight excluding hydrogens is 224 g/mol. The Balaban J connectivity index is 3.58. The van der Waals surface area contributed by atoms with Gasteiger partial charge in [-0.3, -0.25) is 4.79 Å². The zero-order chi connectivity index (χ0) is 5.86. The van der Waals surface area contributed by atoms with E-state index in [-0.39, 0.29) is 5.78 Å². The molecule has 0 saturated carbocycles. The molecule has 0 aliphatic rings. The molecule has 40 valence electrons. The standard InChI is InChI=1S/C4H4Br2O/c1-3(6)4(7)2-5/h1-2H2. The molecule has 7 heavy (non-hydrogen) atoms. The molecule has 0 fully saturated rings. The van der Waals surface area contributed by atoms with Crippen molar-refractivity contribution in [3.05, 3.63) is 11.1 Å². The third-order valence-electron chi connectivity index (χ3n) is 0.424. The molecular formula is C4H4Br2O. The second-order valence-electron chi connectivity index (χ2n) is 0.962. The van der Waals surface area contributed by atoms with Crippen molar-refractivity contribution < 1.29 is 4.79 Å². The summed E-state index contributed by atoms with van der Waals surface area (Å²) in [6.45, 7) is 3.36. The van der Waals surface area contributed by atoms with Crippen LogP contribution in [0.4, 0.5) is 0 Å². The molecule has 0 atom stereocenters. The first-order chi connectivity index (χ1) is 3.18. The van der Waals surface area contributed by atoms with E-state index in [9.17, 15) is 4.79 Å². The van der Waals surface area contributed by atoms with Gasteiger partial charge in [-0.25, -0.2) is 0 Å². The van der Waals surface area contributed by atoms with E-state index in [4.69, 9.17) is 0 Å². The third kappa shape index (κ3) is 3.00. The van der Waals surface area contributed by atoms with Crippen molar-refractivity contribution >= 4 is 37.6 Å². The van der Waals surface area contributed by atoms with Crippen LogP contribution in [0.2, 0.25) is 0 Å². The van der Waals surface area contributed by atoms with Crippen molar-refractivity contribution in [2.75, 3.05) is 5.33 Å². The first-order valence-corrected chi connectivity index (χ1v) is 3.53. The second-order valence-corrected chi connectivity index (χ2v) is 2.48. The van der Waals surface area contributed by atoms with E-state index >= 15 is 0 Å². The molecule has 0 aliphatic heterocycles. The van der Waals surface area contributed by atoms with Crippen molar-refractivity contribution in [1.82, 2.24) is 0 Å². The van der Waals surface area contributed by atoms with Gasteiger partial charge in [-0.15, -0.1) is 0 Å².